The Morgan fingerprint density at radius 2 is 1.93 bits per heavy atom. The van der Waals surface area contributed by atoms with E-state index in [1.54, 1.807) is 31.4 Å². The molecule has 3 aromatic rings. The highest BCUT2D eigenvalue weighted by molar-refractivity contribution is 8.00. The van der Waals surface area contributed by atoms with Gasteiger partial charge in [-0.1, -0.05) is 42.1 Å². The lowest BCUT2D eigenvalue weighted by Crippen LogP contribution is -2.70. The molecule has 1 saturated heterocycles. The van der Waals surface area contributed by atoms with Crippen molar-refractivity contribution in [2.24, 2.45) is 5.73 Å². The third-order valence-corrected chi connectivity index (χ3v) is 8.84. The SMILES string of the molecule is C=C(C1=C(C(=O)OCc2ccc(OC)cc2)N2C(=O)[C@@H](NC(=O)CSc3ccccc3)[C@H]2SC1)c1cc(C(N)=O)no1. The van der Waals surface area contributed by atoms with Gasteiger partial charge in [0.15, 0.2) is 11.5 Å². The summed E-state index contributed by atoms with van der Waals surface area (Å²) < 4.78 is 16.0. The molecule has 0 radical (unpaired) electrons. The predicted molar refractivity (Wildman–Crippen MR) is 156 cm³/mol. The van der Waals surface area contributed by atoms with Gasteiger partial charge in [0.25, 0.3) is 11.8 Å². The van der Waals surface area contributed by atoms with E-state index in [0.29, 0.717) is 16.9 Å². The minimum absolute atomic E-state index is 0.0107. The highest BCUT2D eigenvalue weighted by Gasteiger charge is 2.54. The Balaban J connectivity index is 1.35. The first-order valence-electron chi connectivity index (χ1n) is 12.7. The Bertz CT molecular complexity index is 1570. The van der Waals surface area contributed by atoms with Crippen molar-refractivity contribution >= 4 is 52.8 Å². The van der Waals surface area contributed by atoms with Crippen LogP contribution >= 0.6 is 23.5 Å². The van der Waals surface area contributed by atoms with Crippen LogP contribution in [-0.4, -0.2) is 63.8 Å². The Morgan fingerprint density at radius 1 is 1.19 bits per heavy atom. The Morgan fingerprint density at radius 3 is 2.60 bits per heavy atom. The molecule has 0 saturated carbocycles. The molecule has 216 valence electrons. The molecule has 13 heteroatoms. The molecule has 3 amide bonds. The number of amides is 3. The molecule has 0 unspecified atom stereocenters. The number of hydrogen-bond acceptors (Lipinski definition) is 10. The number of primary amides is 1. The molecule has 5 rings (SSSR count). The largest absolute Gasteiger partial charge is 0.497 e. The van der Waals surface area contributed by atoms with Gasteiger partial charge in [0.1, 0.15) is 29.5 Å². The summed E-state index contributed by atoms with van der Waals surface area (Å²) in [5.74, 6) is -1.14. The molecule has 1 fully saturated rings. The first-order chi connectivity index (χ1) is 20.3. The summed E-state index contributed by atoms with van der Waals surface area (Å²) in [6.07, 6.45) is 0. The number of thioether (sulfide) groups is 2. The molecule has 2 aliphatic rings. The Hall–Kier alpha value is -4.49. The molecular formula is C29H26N4O7S2. The number of hydrogen-bond donors (Lipinski definition) is 2. The third-order valence-electron chi connectivity index (χ3n) is 6.54. The molecule has 3 N–H and O–H groups in total. The molecule has 2 aliphatic heterocycles. The molecule has 2 aromatic carbocycles. The number of methoxy groups -OCH3 is 1. The van der Waals surface area contributed by atoms with Gasteiger partial charge in [0.2, 0.25) is 5.91 Å². The molecule has 2 atom stereocenters. The van der Waals surface area contributed by atoms with Gasteiger partial charge >= 0.3 is 5.97 Å². The summed E-state index contributed by atoms with van der Waals surface area (Å²) in [6.45, 7) is 3.97. The number of nitrogens with zero attached hydrogens (tertiary/aromatic N) is 2. The van der Waals surface area contributed by atoms with Crippen LogP contribution in [0.3, 0.4) is 0 Å². The van der Waals surface area contributed by atoms with E-state index >= 15 is 0 Å². The van der Waals surface area contributed by atoms with Crippen LogP contribution in [0, 0.1) is 0 Å². The first kappa shape index (κ1) is 29.0. The van der Waals surface area contributed by atoms with Crippen LogP contribution in [0.5, 0.6) is 5.75 Å². The van der Waals surface area contributed by atoms with E-state index in [9.17, 15) is 19.2 Å². The van der Waals surface area contributed by atoms with E-state index < -0.39 is 29.2 Å². The lowest BCUT2D eigenvalue weighted by molar-refractivity contribution is -0.153. The smallest absolute Gasteiger partial charge is 0.355 e. The van der Waals surface area contributed by atoms with Gasteiger partial charge in [-0.25, -0.2) is 4.79 Å². The topological polar surface area (TPSA) is 154 Å². The van der Waals surface area contributed by atoms with Crippen molar-refractivity contribution < 1.29 is 33.2 Å². The summed E-state index contributed by atoms with van der Waals surface area (Å²) in [6, 6.07) is 17.0. The molecular weight excluding hydrogens is 580 g/mol. The van der Waals surface area contributed by atoms with E-state index in [1.807, 2.05) is 30.3 Å². The first-order valence-corrected chi connectivity index (χ1v) is 14.7. The zero-order valence-electron chi connectivity index (χ0n) is 22.4. The van der Waals surface area contributed by atoms with Gasteiger partial charge in [-0.05, 0) is 29.8 Å². The zero-order chi connectivity index (χ0) is 29.8. The summed E-state index contributed by atoms with van der Waals surface area (Å²) in [5.41, 5.74) is 6.51. The quantitative estimate of drug-likeness (QED) is 0.189. The number of benzene rings is 2. The van der Waals surface area contributed by atoms with Gasteiger partial charge in [-0.15, -0.1) is 23.5 Å². The number of ether oxygens (including phenoxy) is 2. The lowest BCUT2D eigenvalue weighted by atomic mass is 9.98. The number of nitrogens with two attached hydrogens (primary N) is 1. The number of aromatic nitrogens is 1. The fourth-order valence-electron chi connectivity index (χ4n) is 4.34. The highest BCUT2D eigenvalue weighted by Crippen LogP contribution is 2.44. The third kappa shape index (κ3) is 6.06. The number of allylic oxidation sites excluding steroid dienone is 1. The maximum Gasteiger partial charge on any atom is 0.355 e. The van der Waals surface area contributed by atoms with Crippen LogP contribution in [0.15, 0.2) is 87.9 Å². The summed E-state index contributed by atoms with van der Waals surface area (Å²) >= 11 is 2.71. The Kier molecular flexibility index (Phi) is 8.69. The fraction of sp³-hybridized carbons (Fsp3) is 0.207. The summed E-state index contributed by atoms with van der Waals surface area (Å²) in [4.78, 5) is 53.3. The van der Waals surface area contributed by atoms with Crippen LogP contribution in [0.2, 0.25) is 0 Å². The van der Waals surface area contributed by atoms with Gasteiger partial charge in [0.05, 0.1) is 12.9 Å². The predicted octanol–water partition coefficient (Wildman–Crippen LogP) is 2.99. The average molecular weight is 607 g/mol. The van der Waals surface area contributed by atoms with E-state index in [4.69, 9.17) is 19.7 Å². The molecule has 42 heavy (non-hydrogen) atoms. The molecule has 0 aliphatic carbocycles. The second kappa shape index (κ2) is 12.6. The normalized spacial score (nSPS) is 17.6. The average Bonchev–Trinajstić information content (AvgIpc) is 3.52. The standard InChI is InChI=1S/C29H26N4O7S2/c1-16(22-12-21(26(30)35)32-40-22)20-14-42-28-24(31-23(34)15-41-19-6-4-3-5-7-19)27(36)33(28)25(20)29(37)39-13-17-8-10-18(38-2)11-9-17/h3-12,24,28H,1,13-15H2,2H3,(H2,30,35)(H,31,34)/t24-,28-/m1/s1. The summed E-state index contributed by atoms with van der Waals surface area (Å²) in [7, 11) is 1.55. The number of fused-ring (bicyclic) bond motifs is 1. The highest BCUT2D eigenvalue weighted by atomic mass is 32.2. The maximum absolute atomic E-state index is 13.5. The van der Waals surface area contributed by atoms with Crippen LogP contribution < -0.4 is 15.8 Å². The number of rotatable bonds is 11. The number of esters is 1. The molecule has 0 bridgehead atoms. The Labute approximate surface area is 249 Å². The molecule has 11 nitrogen and oxygen atoms in total. The number of carbonyl (C=O) groups excluding carboxylic acids is 4. The molecule has 0 spiro atoms. The fourth-order valence-corrected chi connectivity index (χ4v) is 6.46. The van der Waals surface area contributed by atoms with Gasteiger partial charge in [0, 0.05) is 27.9 Å². The van der Waals surface area contributed by atoms with Crippen molar-refractivity contribution in [3.63, 3.8) is 0 Å². The second-order valence-corrected chi connectivity index (χ2v) is 11.4. The number of β-lactam (4-membered cyclic amide) rings is 1. The number of carbonyl (C=O) groups is 4. The zero-order valence-corrected chi connectivity index (χ0v) is 24.0. The van der Waals surface area contributed by atoms with Crippen molar-refractivity contribution in [1.82, 2.24) is 15.4 Å². The van der Waals surface area contributed by atoms with E-state index in [-0.39, 0.29) is 46.7 Å². The minimum atomic E-state index is -0.815. The van der Waals surface area contributed by atoms with Crippen molar-refractivity contribution in [2.45, 2.75) is 22.9 Å². The van der Waals surface area contributed by atoms with Gasteiger partial charge in [-0.2, -0.15) is 0 Å². The van der Waals surface area contributed by atoms with Crippen molar-refractivity contribution in [1.29, 1.82) is 0 Å². The van der Waals surface area contributed by atoms with Crippen LogP contribution in [0.25, 0.3) is 5.57 Å². The minimum Gasteiger partial charge on any atom is -0.497 e. The maximum atomic E-state index is 13.5. The number of nitrogens with one attached hydrogen (secondary N) is 1. The van der Waals surface area contributed by atoms with E-state index in [1.165, 1.54) is 34.5 Å². The molecule has 3 heterocycles. The van der Waals surface area contributed by atoms with Crippen LogP contribution in [-0.2, 0) is 25.7 Å². The van der Waals surface area contributed by atoms with Crippen LogP contribution in [0.4, 0.5) is 0 Å². The monoisotopic (exact) mass is 606 g/mol. The van der Waals surface area contributed by atoms with Crippen LogP contribution in [0.1, 0.15) is 21.8 Å². The van der Waals surface area contributed by atoms with Crippen molar-refractivity contribution in [3.05, 3.63) is 95.5 Å². The molecule has 1 aromatic heterocycles. The van der Waals surface area contributed by atoms with E-state index in [0.717, 1.165) is 4.90 Å². The van der Waals surface area contributed by atoms with Crippen molar-refractivity contribution in [3.8, 4) is 5.75 Å². The van der Waals surface area contributed by atoms with Gasteiger partial charge in [-0.3, -0.25) is 19.3 Å². The van der Waals surface area contributed by atoms with E-state index in [2.05, 4.69) is 17.1 Å². The summed E-state index contributed by atoms with van der Waals surface area (Å²) in [5, 5.41) is 5.91. The van der Waals surface area contributed by atoms with Gasteiger partial charge < -0.3 is 25.0 Å². The lowest BCUT2D eigenvalue weighted by Gasteiger charge is -2.49. The van der Waals surface area contributed by atoms with Crippen molar-refractivity contribution in [2.75, 3.05) is 18.6 Å². The second-order valence-electron chi connectivity index (χ2n) is 9.23.